The van der Waals surface area contributed by atoms with Crippen LogP contribution < -0.4 is 9.47 Å². The average Bonchev–Trinajstić information content (AvgIpc) is 3.30. The molecule has 30 heavy (non-hydrogen) atoms. The largest absolute Gasteiger partial charge is 0.486 e. The highest BCUT2D eigenvalue weighted by atomic mass is 32.2. The Bertz CT molecular complexity index is 1150. The highest BCUT2D eigenvalue weighted by Crippen LogP contribution is 2.35. The van der Waals surface area contributed by atoms with Crippen LogP contribution in [0.25, 0.3) is 11.6 Å². The summed E-state index contributed by atoms with van der Waals surface area (Å²) < 4.78 is 44.8. The highest BCUT2D eigenvalue weighted by Gasteiger charge is 2.34. The Hall–Kier alpha value is -2.98. The van der Waals surface area contributed by atoms with Gasteiger partial charge in [-0.25, -0.2) is 8.42 Å². The molecule has 2 aromatic heterocycles. The van der Waals surface area contributed by atoms with Gasteiger partial charge in [-0.3, -0.25) is 4.98 Å². The zero-order valence-electron chi connectivity index (χ0n) is 16.1. The molecule has 2 aliphatic rings. The van der Waals surface area contributed by atoms with Gasteiger partial charge in [0.15, 0.2) is 11.5 Å². The van der Waals surface area contributed by atoms with Crippen LogP contribution in [-0.2, 0) is 10.0 Å². The lowest BCUT2D eigenvalue weighted by Crippen LogP contribution is -2.39. The summed E-state index contributed by atoms with van der Waals surface area (Å²) in [6.45, 7) is 1.57. The third kappa shape index (κ3) is 3.52. The molecule has 10 heteroatoms. The number of pyridine rings is 1. The fourth-order valence-electron chi connectivity index (χ4n) is 3.69. The Labute approximate surface area is 173 Å². The van der Waals surface area contributed by atoms with Crippen molar-refractivity contribution in [3.05, 3.63) is 48.5 Å². The van der Waals surface area contributed by atoms with E-state index in [-0.39, 0.29) is 17.4 Å². The van der Waals surface area contributed by atoms with Gasteiger partial charge in [0.05, 0.1) is 10.8 Å². The van der Waals surface area contributed by atoms with Gasteiger partial charge in [0.1, 0.15) is 18.9 Å². The fraction of sp³-hybridized carbons (Fsp3) is 0.350. The van der Waals surface area contributed by atoms with Gasteiger partial charge >= 0.3 is 0 Å². The predicted octanol–water partition coefficient (Wildman–Crippen LogP) is 2.47. The molecule has 1 aromatic carbocycles. The van der Waals surface area contributed by atoms with Crippen molar-refractivity contribution in [2.45, 2.75) is 23.7 Å². The first-order chi connectivity index (χ1) is 14.6. The topological polar surface area (TPSA) is 108 Å². The first-order valence-corrected chi connectivity index (χ1v) is 11.2. The van der Waals surface area contributed by atoms with Crippen LogP contribution in [-0.4, -0.2) is 54.2 Å². The monoisotopic (exact) mass is 428 g/mol. The van der Waals surface area contributed by atoms with Crippen LogP contribution in [0.15, 0.2) is 51.9 Å². The molecule has 1 fully saturated rings. The van der Waals surface area contributed by atoms with Gasteiger partial charge < -0.3 is 13.9 Å². The molecule has 0 aliphatic carbocycles. The number of aromatic nitrogens is 3. The number of ether oxygens (including phenoxy) is 2. The lowest BCUT2D eigenvalue weighted by molar-refractivity contribution is 0.171. The number of hydrogen-bond acceptors (Lipinski definition) is 8. The van der Waals surface area contributed by atoms with E-state index in [1.807, 2.05) is 12.1 Å². The molecule has 0 saturated carbocycles. The standard InChI is InChI=1S/C20H20N4O5S/c25-30(26,15-6-7-17-18(12-15)28-11-10-27-17)24-9-3-4-14(13-24)19-22-23-20(29-19)16-5-1-2-8-21-16/h1-2,5-8,12,14H,3-4,9-11,13H2/t14-/m1/s1. The summed E-state index contributed by atoms with van der Waals surface area (Å²) in [5.41, 5.74) is 0.591. The van der Waals surface area contributed by atoms with Gasteiger partial charge in [-0.1, -0.05) is 6.07 Å². The van der Waals surface area contributed by atoms with Crippen molar-refractivity contribution in [2.75, 3.05) is 26.3 Å². The Morgan fingerprint density at radius 1 is 1.03 bits per heavy atom. The predicted molar refractivity (Wildman–Crippen MR) is 106 cm³/mol. The maximum absolute atomic E-state index is 13.2. The molecule has 5 rings (SSSR count). The molecule has 4 heterocycles. The molecular formula is C20H20N4O5S. The van der Waals surface area contributed by atoms with Crippen LogP contribution in [0, 0.1) is 0 Å². The van der Waals surface area contributed by atoms with Crippen LogP contribution >= 0.6 is 0 Å². The summed E-state index contributed by atoms with van der Waals surface area (Å²) in [6.07, 6.45) is 3.13. The van der Waals surface area contributed by atoms with E-state index in [4.69, 9.17) is 13.9 Å². The SMILES string of the molecule is O=S(=O)(c1ccc2c(c1)OCCO2)N1CCC[C@@H](c2nnc(-c3ccccn3)o2)C1. The van der Waals surface area contributed by atoms with Gasteiger partial charge in [-0.15, -0.1) is 10.2 Å². The molecule has 0 unspecified atom stereocenters. The van der Waals surface area contributed by atoms with Crippen LogP contribution in [0.4, 0.5) is 0 Å². The van der Waals surface area contributed by atoms with Gasteiger partial charge in [0.25, 0.3) is 5.89 Å². The van der Waals surface area contributed by atoms with Crippen molar-refractivity contribution in [1.82, 2.24) is 19.5 Å². The molecule has 0 spiro atoms. The summed E-state index contributed by atoms with van der Waals surface area (Å²) in [7, 11) is -3.69. The Kier molecular flexibility index (Phi) is 4.87. The van der Waals surface area contributed by atoms with Crippen LogP contribution in [0.2, 0.25) is 0 Å². The molecule has 1 atom stereocenters. The summed E-state index contributed by atoms with van der Waals surface area (Å²) >= 11 is 0. The smallest absolute Gasteiger partial charge is 0.266 e. The zero-order chi connectivity index (χ0) is 20.6. The minimum Gasteiger partial charge on any atom is -0.486 e. The number of rotatable bonds is 4. The summed E-state index contributed by atoms with van der Waals surface area (Å²) in [4.78, 5) is 4.40. The first-order valence-electron chi connectivity index (χ1n) is 9.76. The second-order valence-electron chi connectivity index (χ2n) is 7.17. The minimum absolute atomic E-state index is 0.171. The van der Waals surface area contributed by atoms with E-state index in [0.29, 0.717) is 55.2 Å². The number of fused-ring (bicyclic) bond motifs is 1. The van der Waals surface area contributed by atoms with Crippen LogP contribution in [0.1, 0.15) is 24.7 Å². The van der Waals surface area contributed by atoms with E-state index < -0.39 is 10.0 Å². The lowest BCUT2D eigenvalue weighted by Gasteiger charge is -2.30. The maximum atomic E-state index is 13.2. The second kappa shape index (κ2) is 7.69. The van der Waals surface area contributed by atoms with E-state index in [2.05, 4.69) is 15.2 Å². The molecule has 1 saturated heterocycles. The Morgan fingerprint density at radius 3 is 2.73 bits per heavy atom. The van der Waals surface area contributed by atoms with Gasteiger partial charge in [0, 0.05) is 25.4 Å². The number of benzene rings is 1. The third-order valence-corrected chi connectivity index (χ3v) is 7.07. The number of hydrogen-bond donors (Lipinski definition) is 0. The third-order valence-electron chi connectivity index (χ3n) is 5.21. The molecule has 3 aromatic rings. The molecule has 0 amide bonds. The van der Waals surface area contributed by atoms with Crippen molar-refractivity contribution in [3.8, 4) is 23.1 Å². The maximum Gasteiger partial charge on any atom is 0.266 e. The molecule has 0 N–H and O–H groups in total. The van der Waals surface area contributed by atoms with Gasteiger partial charge in [0.2, 0.25) is 15.9 Å². The number of sulfonamides is 1. The zero-order valence-corrected chi connectivity index (χ0v) is 16.9. The molecule has 0 radical (unpaired) electrons. The van der Waals surface area contributed by atoms with Crippen molar-refractivity contribution >= 4 is 10.0 Å². The molecular weight excluding hydrogens is 408 g/mol. The summed E-state index contributed by atoms with van der Waals surface area (Å²) in [5.74, 6) is 1.60. The minimum atomic E-state index is -3.69. The lowest BCUT2D eigenvalue weighted by atomic mass is 10.00. The van der Waals surface area contributed by atoms with E-state index in [9.17, 15) is 8.42 Å². The van der Waals surface area contributed by atoms with Crippen molar-refractivity contribution in [1.29, 1.82) is 0 Å². The van der Waals surface area contributed by atoms with Crippen LogP contribution in [0.5, 0.6) is 11.5 Å². The number of piperidine rings is 1. The Morgan fingerprint density at radius 2 is 1.90 bits per heavy atom. The molecule has 2 aliphatic heterocycles. The number of nitrogens with zero attached hydrogens (tertiary/aromatic N) is 4. The van der Waals surface area contributed by atoms with Gasteiger partial charge in [-0.05, 0) is 37.1 Å². The van der Waals surface area contributed by atoms with Crippen LogP contribution in [0.3, 0.4) is 0 Å². The second-order valence-corrected chi connectivity index (χ2v) is 9.11. The van der Waals surface area contributed by atoms with Gasteiger partial charge in [-0.2, -0.15) is 4.31 Å². The van der Waals surface area contributed by atoms with Crippen molar-refractivity contribution < 1.29 is 22.3 Å². The average molecular weight is 428 g/mol. The summed E-state index contributed by atoms with van der Waals surface area (Å²) in [6, 6.07) is 10.2. The molecule has 0 bridgehead atoms. The van der Waals surface area contributed by atoms with E-state index >= 15 is 0 Å². The fourth-order valence-corrected chi connectivity index (χ4v) is 5.23. The van der Waals surface area contributed by atoms with Crippen molar-refractivity contribution in [3.63, 3.8) is 0 Å². The highest BCUT2D eigenvalue weighted by molar-refractivity contribution is 7.89. The quantitative estimate of drug-likeness (QED) is 0.624. The summed E-state index contributed by atoms with van der Waals surface area (Å²) in [5, 5.41) is 8.23. The van der Waals surface area contributed by atoms with E-state index in [0.717, 1.165) is 6.42 Å². The van der Waals surface area contributed by atoms with Crippen molar-refractivity contribution in [2.24, 2.45) is 0 Å². The first kappa shape index (κ1) is 19.0. The normalized spacial score (nSPS) is 19.5. The van der Waals surface area contributed by atoms with E-state index in [1.54, 1.807) is 24.4 Å². The Balaban J connectivity index is 1.37. The molecule has 9 nitrogen and oxygen atoms in total. The molecule has 156 valence electrons. The van der Waals surface area contributed by atoms with E-state index in [1.165, 1.54) is 10.4 Å².